The van der Waals surface area contributed by atoms with Gasteiger partial charge >= 0.3 is 16.9 Å². The van der Waals surface area contributed by atoms with E-state index >= 15 is 0 Å². The molecule has 4 rings (SSSR count). The van der Waals surface area contributed by atoms with Crippen molar-refractivity contribution in [1.29, 1.82) is 0 Å². The van der Waals surface area contributed by atoms with Gasteiger partial charge in [0, 0.05) is 5.92 Å². The van der Waals surface area contributed by atoms with Crippen molar-refractivity contribution in [1.82, 2.24) is 24.9 Å². The molecule has 0 amide bonds. The number of rotatable bonds is 6. The van der Waals surface area contributed by atoms with E-state index in [1.165, 1.54) is 18.2 Å². The number of nitrogens with zero attached hydrogens (tertiary/aromatic N) is 1. The number of hydrogen-bond acceptors (Lipinski definition) is 7. The van der Waals surface area contributed by atoms with Crippen LogP contribution < -0.4 is 21.6 Å². The van der Waals surface area contributed by atoms with Crippen molar-refractivity contribution in [2.75, 3.05) is 0 Å². The Morgan fingerprint density at radius 2 is 1.71 bits per heavy atom. The van der Waals surface area contributed by atoms with Crippen molar-refractivity contribution in [2.45, 2.75) is 37.6 Å². The molecule has 4 aromatic rings. The summed E-state index contributed by atoms with van der Waals surface area (Å²) in [5.41, 5.74) is 0.138. The number of aryl methyl sites for hydroxylation is 1. The third-order valence-electron chi connectivity index (χ3n) is 5.69. The number of nitrogens with one attached hydrogen (secondary N) is 4. The average molecular weight is 489 g/mol. The molecule has 4 N–H and O–H groups in total. The summed E-state index contributed by atoms with van der Waals surface area (Å²) in [7, 11) is -4.30. The first-order chi connectivity index (χ1) is 16.0. The van der Waals surface area contributed by atoms with Gasteiger partial charge in [0.05, 0.1) is 15.9 Å². The Morgan fingerprint density at radius 1 is 1.03 bits per heavy atom. The zero-order valence-electron chi connectivity index (χ0n) is 18.2. The Balaban J connectivity index is 1.81. The van der Waals surface area contributed by atoms with Crippen LogP contribution in [0.3, 0.4) is 0 Å². The highest BCUT2D eigenvalue weighted by atomic mass is 32.2. The molecular weight excluding hydrogens is 469 g/mol. The summed E-state index contributed by atoms with van der Waals surface area (Å²) >= 11 is 0. The molecule has 0 unspecified atom stereocenters. The first-order valence-corrected chi connectivity index (χ1v) is 11.6. The van der Waals surface area contributed by atoms with Crippen LogP contribution in [-0.2, 0) is 10.0 Å². The lowest BCUT2D eigenvalue weighted by molar-refractivity contribution is 0.377. The summed E-state index contributed by atoms with van der Waals surface area (Å²) in [6, 6.07) is 5.33. The normalized spacial score (nSPS) is 13.8. The first kappa shape index (κ1) is 23.3. The van der Waals surface area contributed by atoms with E-state index < -0.39 is 44.7 Å². The molecule has 34 heavy (non-hydrogen) atoms. The van der Waals surface area contributed by atoms with E-state index in [1.807, 2.05) is 0 Å². The Hall–Kier alpha value is -3.84. The van der Waals surface area contributed by atoms with Gasteiger partial charge in [0.15, 0.2) is 0 Å². The summed E-state index contributed by atoms with van der Waals surface area (Å²) in [6.45, 7) is 5.07. The highest BCUT2D eigenvalue weighted by Crippen LogP contribution is 2.35. The van der Waals surface area contributed by atoms with E-state index in [-0.39, 0.29) is 27.4 Å². The molecule has 11 nitrogen and oxygen atoms in total. The minimum Gasteiger partial charge on any atom is -0.391 e. The fourth-order valence-electron chi connectivity index (χ4n) is 3.77. The van der Waals surface area contributed by atoms with Gasteiger partial charge in [-0.15, -0.1) is 5.10 Å². The third kappa shape index (κ3) is 4.22. The van der Waals surface area contributed by atoms with Crippen LogP contribution in [0.2, 0.25) is 0 Å². The number of H-pyrrole nitrogens is 3. The Morgan fingerprint density at radius 3 is 2.35 bits per heavy atom. The first-order valence-electron chi connectivity index (χ1n) is 10.1. The lowest BCUT2D eigenvalue weighted by Gasteiger charge is -2.25. The zero-order chi connectivity index (χ0) is 24.8. The lowest BCUT2D eigenvalue weighted by Crippen LogP contribution is -2.33. The topological polar surface area (TPSA) is 171 Å². The number of benzene rings is 2. The van der Waals surface area contributed by atoms with E-state index in [4.69, 9.17) is 4.42 Å². The number of halogens is 1. The Kier molecular flexibility index (Phi) is 5.83. The SMILES string of the molecule is Cc1ccc(F)c([C@@H](C)[C@H](NS(=O)(=O)c2ccc3[nH]c(=O)c(=O)[nH]c3c2)c2n[nH]c(=O)o2)c1C. The monoisotopic (exact) mass is 489 g/mol. The van der Waals surface area contributed by atoms with Crippen LogP contribution in [0.15, 0.2) is 54.0 Å². The van der Waals surface area contributed by atoms with Crippen molar-refractivity contribution in [2.24, 2.45) is 0 Å². The maximum Gasteiger partial charge on any atom is 0.434 e. The highest BCUT2D eigenvalue weighted by Gasteiger charge is 2.33. The van der Waals surface area contributed by atoms with Crippen molar-refractivity contribution in [3.8, 4) is 0 Å². The summed E-state index contributed by atoms with van der Waals surface area (Å²) in [5, 5.41) is 5.84. The molecule has 2 heterocycles. The van der Waals surface area contributed by atoms with Crippen molar-refractivity contribution in [3.63, 3.8) is 0 Å². The van der Waals surface area contributed by atoms with Gasteiger partial charge in [-0.3, -0.25) is 9.59 Å². The Labute approximate surface area is 191 Å². The van der Waals surface area contributed by atoms with Crippen LogP contribution in [0.1, 0.15) is 41.5 Å². The Bertz CT molecular complexity index is 1680. The number of aromatic amines is 3. The van der Waals surface area contributed by atoms with E-state index in [0.717, 1.165) is 11.6 Å². The molecule has 0 aliphatic rings. The molecule has 2 aromatic carbocycles. The molecule has 0 aliphatic heterocycles. The molecule has 0 bridgehead atoms. The second-order valence-electron chi connectivity index (χ2n) is 7.86. The standard InChI is InChI=1S/C21H20FN5O6S/c1-9-4-6-13(22)16(10(9)2)11(3)17(20-25-26-21(30)33-20)27-34(31,32)12-5-7-14-15(8-12)24-19(29)18(28)23-14/h4-8,11,17,27H,1-3H3,(H,23,28)(H,24,29)(H,26,30)/t11-,17+/m1/s1. The van der Waals surface area contributed by atoms with Gasteiger partial charge in [0.1, 0.15) is 11.9 Å². The predicted octanol–water partition coefficient (Wildman–Crippen LogP) is 1.47. The molecule has 0 radical (unpaired) electrons. The van der Waals surface area contributed by atoms with Gasteiger partial charge in [-0.05, 0) is 54.8 Å². The molecule has 13 heteroatoms. The summed E-state index contributed by atoms with van der Waals surface area (Å²) in [4.78, 5) is 39.1. The van der Waals surface area contributed by atoms with Crippen molar-refractivity contribution >= 4 is 21.1 Å². The molecule has 0 saturated carbocycles. The molecule has 0 fully saturated rings. The van der Waals surface area contributed by atoms with Crippen LogP contribution in [0, 0.1) is 19.7 Å². The second-order valence-corrected chi connectivity index (χ2v) is 9.57. The summed E-state index contributed by atoms with van der Waals surface area (Å²) in [6.07, 6.45) is 0. The van der Waals surface area contributed by atoms with Gasteiger partial charge in [-0.2, -0.15) is 4.72 Å². The van der Waals surface area contributed by atoms with Crippen LogP contribution in [0.4, 0.5) is 4.39 Å². The quantitative estimate of drug-likeness (QED) is 0.297. The lowest BCUT2D eigenvalue weighted by atomic mass is 9.88. The fourth-order valence-corrected chi connectivity index (χ4v) is 5.06. The molecule has 0 aliphatic carbocycles. The minimum atomic E-state index is -4.30. The highest BCUT2D eigenvalue weighted by molar-refractivity contribution is 7.89. The largest absolute Gasteiger partial charge is 0.434 e. The summed E-state index contributed by atoms with van der Waals surface area (Å²) < 4.78 is 48.8. The molecule has 0 spiro atoms. The van der Waals surface area contributed by atoms with Crippen LogP contribution >= 0.6 is 0 Å². The van der Waals surface area contributed by atoms with Gasteiger partial charge < -0.3 is 14.4 Å². The van der Waals surface area contributed by atoms with Crippen LogP contribution in [0.5, 0.6) is 0 Å². The molecule has 2 atom stereocenters. The molecule has 178 valence electrons. The van der Waals surface area contributed by atoms with Gasteiger partial charge in [-0.25, -0.2) is 22.7 Å². The number of sulfonamides is 1. The molecule has 0 saturated heterocycles. The molecule has 2 aromatic heterocycles. The molecular formula is C21H20FN5O6S. The van der Waals surface area contributed by atoms with E-state index in [9.17, 15) is 27.2 Å². The smallest absolute Gasteiger partial charge is 0.391 e. The summed E-state index contributed by atoms with van der Waals surface area (Å²) in [5.74, 6) is -2.57. The number of hydrogen-bond donors (Lipinski definition) is 4. The van der Waals surface area contributed by atoms with Gasteiger partial charge in [0.25, 0.3) is 0 Å². The fraction of sp³-hybridized carbons (Fsp3) is 0.238. The number of aromatic nitrogens is 4. The maximum atomic E-state index is 14.8. The van der Waals surface area contributed by atoms with Gasteiger partial charge in [0.2, 0.25) is 15.9 Å². The maximum absolute atomic E-state index is 14.8. The van der Waals surface area contributed by atoms with E-state index in [2.05, 4.69) is 24.9 Å². The third-order valence-corrected chi connectivity index (χ3v) is 7.13. The minimum absolute atomic E-state index is 0.0870. The van der Waals surface area contributed by atoms with Gasteiger partial charge in [-0.1, -0.05) is 13.0 Å². The second kappa shape index (κ2) is 8.50. The van der Waals surface area contributed by atoms with Crippen molar-refractivity contribution in [3.05, 3.63) is 90.0 Å². The van der Waals surface area contributed by atoms with Crippen molar-refractivity contribution < 1.29 is 17.2 Å². The van der Waals surface area contributed by atoms with Crippen LogP contribution in [0.25, 0.3) is 11.0 Å². The zero-order valence-corrected chi connectivity index (χ0v) is 19.0. The van der Waals surface area contributed by atoms with E-state index in [0.29, 0.717) is 5.56 Å². The van der Waals surface area contributed by atoms with E-state index in [1.54, 1.807) is 26.8 Å². The number of fused-ring (bicyclic) bond motifs is 1. The predicted molar refractivity (Wildman–Crippen MR) is 120 cm³/mol. The average Bonchev–Trinajstić information content (AvgIpc) is 3.21. The van der Waals surface area contributed by atoms with Crippen LogP contribution in [-0.4, -0.2) is 28.6 Å².